The lowest BCUT2D eigenvalue weighted by Crippen LogP contribution is -2.22. The monoisotopic (exact) mass is 264 g/mol. The van der Waals surface area contributed by atoms with Gasteiger partial charge in [0.25, 0.3) is 0 Å². The molecule has 1 unspecified atom stereocenters. The van der Waals surface area contributed by atoms with Gasteiger partial charge in [0.2, 0.25) is 0 Å². The van der Waals surface area contributed by atoms with Gasteiger partial charge in [-0.2, -0.15) is 0 Å². The van der Waals surface area contributed by atoms with Gasteiger partial charge in [-0.1, -0.05) is 36.4 Å². The first kappa shape index (κ1) is 12.6. The number of pyridine rings is 1. The van der Waals surface area contributed by atoms with Crippen molar-refractivity contribution in [2.24, 2.45) is 0 Å². The number of aromatic nitrogens is 1. The average molecular weight is 264 g/mol. The minimum Gasteiger partial charge on any atom is -0.376 e. The van der Waals surface area contributed by atoms with Gasteiger partial charge in [0.1, 0.15) is 0 Å². The molecule has 1 N–H and O–H groups in total. The highest BCUT2D eigenvalue weighted by molar-refractivity contribution is 5.92. The van der Waals surface area contributed by atoms with Crippen LogP contribution in [0.25, 0.3) is 0 Å². The van der Waals surface area contributed by atoms with Gasteiger partial charge >= 0.3 is 0 Å². The number of hydrogen-bond acceptors (Lipinski definition) is 3. The lowest BCUT2D eigenvalue weighted by atomic mass is 10.0. The Balaban J connectivity index is 1.92. The van der Waals surface area contributed by atoms with Crippen LogP contribution in [-0.4, -0.2) is 10.8 Å². The van der Waals surface area contributed by atoms with E-state index in [1.807, 2.05) is 36.4 Å². The first-order valence-electron chi connectivity index (χ1n) is 6.79. The molecule has 0 amide bonds. The molecule has 3 heteroatoms. The van der Waals surface area contributed by atoms with Gasteiger partial charge in [-0.15, -0.1) is 0 Å². The second-order valence-electron chi connectivity index (χ2n) is 4.88. The highest BCUT2D eigenvalue weighted by Gasteiger charge is 2.19. The van der Waals surface area contributed by atoms with Crippen molar-refractivity contribution in [2.45, 2.75) is 18.9 Å². The molecule has 1 aliphatic rings. The van der Waals surface area contributed by atoms with E-state index in [9.17, 15) is 4.79 Å². The Kier molecular flexibility index (Phi) is 3.59. The molecule has 1 heterocycles. The Bertz CT molecular complexity index is 580. The normalized spacial score (nSPS) is 15.8. The summed E-state index contributed by atoms with van der Waals surface area (Å²) in [5, 5.41) is 3.46. The quantitative estimate of drug-likeness (QED) is 0.923. The summed E-state index contributed by atoms with van der Waals surface area (Å²) < 4.78 is 0. The van der Waals surface area contributed by atoms with Gasteiger partial charge < -0.3 is 5.32 Å². The molecule has 0 radical (unpaired) electrons. The van der Waals surface area contributed by atoms with Gasteiger partial charge in [-0.25, -0.2) is 0 Å². The average Bonchev–Trinajstić information content (AvgIpc) is 2.92. The zero-order valence-corrected chi connectivity index (χ0v) is 11.1. The predicted octanol–water partition coefficient (Wildman–Crippen LogP) is 3.01. The van der Waals surface area contributed by atoms with E-state index in [4.69, 9.17) is 0 Å². The van der Waals surface area contributed by atoms with E-state index in [1.54, 1.807) is 12.3 Å². The minimum absolute atomic E-state index is 0.0189. The second kappa shape index (κ2) is 5.70. The van der Waals surface area contributed by atoms with Crippen LogP contribution in [0.2, 0.25) is 0 Å². The van der Waals surface area contributed by atoms with Crippen LogP contribution in [-0.2, 0) is 4.79 Å². The molecule has 2 aromatic rings. The van der Waals surface area contributed by atoms with Crippen LogP contribution in [0.1, 0.15) is 30.1 Å². The van der Waals surface area contributed by atoms with Crippen LogP contribution in [0.15, 0.2) is 66.5 Å². The minimum atomic E-state index is -0.0189. The Hall–Kier alpha value is -2.42. The van der Waals surface area contributed by atoms with E-state index in [0.29, 0.717) is 6.42 Å². The van der Waals surface area contributed by atoms with E-state index in [1.165, 1.54) is 0 Å². The van der Waals surface area contributed by atoms with Crippen LogP contribution >= 0.6 is 0 Å². The molecule has 20 heavy (non-hydrogen) atoms. The summed E-state index contributed by atoms with van der Waals surface area (Å²) >= 11 is 0. The summed E-state index contributed by atoms with van der Waals surface area (Å²) in [6.45, 7) is 0. The van der Waals surface area contributed by atoms with Gasteiger partial charge in [0.05, 0.1) is 11.7 Å². The molecule has 0 fully saturated rings. The number of hydrogen-bond donors (Lipinski definition) is 1. The molecule has 3 nitrogen and oxygen atoms in total. The molecule has 100 valence electrons. The van der Waals surface area contributed by atoms with Gasteiger partial charge in [-0.05, 0) is 24.1 Å². The van der Waals surface area contributed by atoms with Crippen LogP contribution < -0.4 is 5.32 Å². The fourth-order valence-electron chi connectivity index (χ4n) is 2.42. The van der Waals surface area contributed by atoms with Gasteiger partial charge in [-0.3, -0.25) is 9.78 Å². The maximum absolute atomic E-state index is 11.4. The van der Waals surface area contributed by atoms with Crippen LogP contribution in [0.3, 0.4) is 0 Å². The second-order valence-corrected chi connectivity index (χ2v) is 4.88. The van der Waals surface area contributed by atoms with E-state index >= 15 is 0 Å². The first-order valence-corrected chi connectivity index (χ1v) is 6.79. The summed E-state index contributed by atoms with van der Waals surface area (Å²) in [5.41, 5.74) is 3.10. The van der Waals surface area contributed by atoms with E-state index in [-0.39, 0.29) is 11.8 Å². The predicted molar refractivity (Wildman–Crippen MR) is 78.0 cm³/mol. The van der Waals surface area contributed by atoms with Crippen molar-refractivity contribution in [1.29, 1.82) is 0 Å². The lowest BCUT2D eigenvalue weighted by molar-refractivity contribution is -0.114. The number of carbonyl (C=O) groups excluding carboxylic acids is 1. The van der Waals surface area contributed by atoms with Crippen molar-refractivity contribution < 1.29 is 4.79 Å². The Morgan fingerprint density at radius 1 is 1.00 bits per heavy atom. The molecular formula is C17H16N2O. The van der Waals surface area contributed by atoms with Gasteiger partial charge in [0.15, 0.2) is 5.78 Å². The van der Waals surface area contributed by atoms with Crippen molar-refractivity contribution >= 4 is 5.78 Å². The number of nitrogens with zero attached hydrogens (tertiary/aromatic N) is 1. The molecule has 0 bridgehead atoms. The summed E-state index contributed by atoms with van der Waals surface area (Å²) in [5.74, 6) is 0.195. The van der Waals surface area contributed by atoms with E-state index in [2.05, 4.69) is 22.4 Å². The third kappa shape index (κ3) is 2.77. The fourth-order valence-corrected chi connectivity index (χ4v) is 2.42. The number of nitrogens with one attached hydrogen (secondary N) is 1. The van der Waals surface area contributed by atoms with Crippen LogP contribution in [0, 0.1) is 0 Å². The maximum Gasteiger partial charge on any atom is 0.157 e. The largest absolute Gasteiger partial charge is 0.376 e. The summed E-state index contributed by atoms with van der Waals surface area (Å²) in [6, 6.07) is 16.0. The van der Waals surface area contributed by atoms with Gasteiger partial charge in [0, 0.05) is 24.4 Å². The smallest absolute Gasteiger partial charge is 0.157 e. The van der Waals surface area contributed by atoms with Crippen molar-refractivity contribution in [2.75, 3.05) is 0 Å². The molecule has 1 aromatic carbocycles. The van der Waals surface area contributed by atoms with Crippen molar-refractivity contribution in [3.63, 3.8) is 0 Å². The topological polar surface area (TPSA) is 42.0 Å². The molecule has 1 atom stereocenters. The molecule has 0 saturated heterocycles. The lowest BCUT2D eigenvalue weighted by Gasteiger charge is -2.20. The molecule has 1 aromatic heterocycles. The Morgan fingerprint density at radius 3 is 2.45 bits per heavy atom. The maximum atomic E-state index is 11.4. The number of carbonyl (C=O) groups is 1. The standard InChI is InChI=1S/C17H16N2O/c20-15-10-9-14(12-15)19-17(13-6-2-1-3-7-13)16-8-4-5-11-18-16/h1-8,11-12,17,19H,9-10H2. The number of allylic oxidation sites excluding steroid dienone is 2. The Labute approximate surface area is 118 Å². The number of ketones is 1. The summed E-state index contributed by atoms with van der Waals surface area (Å²) in [7, 11) is 0. The zero-order valence-electron chi connectivity index (χ0n) is 11.1. The summed E-state index contributed by atoms with van der Waals surface area (Å²) in [6.07, 6.45) is 4.89. The molecule has 3 rings (SSSR count). The molecule has 0 spiro atoms. The van der Waals surface area contributed by atoms with Crippen molar-refractivity contribution in [3.8, 4) is 0 Å². The van der Waals surface area contributed by atoms with Crippen LogP contribution in [0.5, 0.6) is 0 Å². The SMILES string of the molecule is O=C1C=C(NC(c2ccccc2)c2ccccn2)CC1. The van der Waals surface area contributed by atoms with E-state index in [0.717, 1.165) is 23.4 Å². The molecule has 0 aliphatic heterocycles. The molecule has 0 saturated carbocycles. The Morgan fingerprint density at radius 2 is 1.80 bits per heavy atom. The third-order valence-corrected chi connectivity index (χ3v) is 3.42. The molecule has 1 aliphatic carbocycles. The third-order valence-electron chi connectivity index (χ3n) is 3.42. The van der Waals surface area contributed by atoms with Crippen LogP contribution in [0.4, 0.5) is 0 Å². The highest BCUT2D eigenvalue weighted by Crippen LogP contribution is 2.24. The number of rotatable bonds is 4. The number of benzene rings is 1. The zero-order chi connectivity index (χ0) is 13.8. The highest BCUT2D eigenvalue weighted by atomic mass is 16.1. The molecular weight excluding hydrogens is 248 g/mol. The fraction of sp³-hybridized carbons (Fsp3) is 0.176. The van der Waals surface area contributed by atoms with Crippen molar-refractivity contribution in [3.05, 3.63) is 77.8 Å². The van der Waals surface area contributed by atoms with Crippen molar-refractivity contribution in [1.82, 2.24) is 10.3 Å². The van der Waals surface area contributed by atoms with E-state index < -0.39 is 0 Å². The first-order chi connectivity index (χ1) is 9.83. The summed E-state index contributed by atoms with van der Waals surface area (Å²) in [4.78, 5) is 15.8.